The van der Waals surface area contributed by atoms with Gasteiger partial charge in [-0.15, -0.1) is 0 Å². The molecule has 1 N–H and O–H groups in total. The fraction of sp³-hybridized carbons (Fsp3) is 0.500. The van der Waals surface area contributed by atoms with Crippen LogP contribution in [0.1, 0.15) is 52.7 Å². The van der Waals surface area contributed by atoms with Gasteiger partial charge in [-0.3, -0.25) is 0 Å². The molecule has 0 amide bonds. The summed E-state index contributed by atoms with van der Waals surface area (Å²) >= 11 is 0. The number of aliphatic hydroxyl groups excluding tert-OH is 1. The summed E-state index contributed by atoms with van der Waals surface area (Å²) in [6, 6.07) is 3.74. The average molecular weight is 334 g/mol. The molecule has 1 aliphatic heterocycles. The van der Waals surface area contributed by atoms with E-state index in [1.54, 1.807) is 6.92 Å². The van der Waals surface area contributed by atoms with E-state index in [-0.39, 0.29) is 0 Å². The third-order valence-corrected chi connectivity index (χ3v) is 4.14. The van der Waals surface area contributed by atoms with Crippen LogP contribution < -0.4 is 9.47 Å². The largest absolute Gasteiger partial charge is 0.493 e. The molecule has 24 heavy (non-hydrogen) atoms. The van der Waals surface area contributed by atoms with E-state index < -0.39 is 18.0 Å². The second-order valence-electron chi connectivity index (χ2n) is 6.93. The summed E-state index contributed by atoms with van der Waals surface area (Å²) in [7, 11) is 0. The quantitative estimate of drug-likeness (QED) is 0.824. The lowest BCUT2D eigenvalue weighted by Gasteiger charge is -2.33. The van der Waals surface area contributed by atoms with Crippen LogP contribution in [0.5, 0.6) is 11.5 Å². The standard InChI is InChI=1S/C20H27FO3/c1-7-23-18-9-19-15(8-14(18)13(4)17(21)11-22)16(12(2)3)10-20(5,6)24-19/h8-10,12,22H,7,11H2,1-6H3/b17-13+. The summed E-state index contributed by atoms with van der Waals surface area (Å²) in [5.41, 5.74) is 2.75. The van der Waals surface area contributed by atoms with Crippen LogP contribution in [0.15, 0.2) is 24.0 Å². The maximum atomic E-state index is 14.0. The van der Waals surface area contributed by atoms with Crippen LogP contribution in [0, 0.1) is 5.92 Å². The zero-order valence-corrected chi connectivity index (χ0v) is 15.4. The van der Waals surface area contributed by atoms with Crippen molar-refractivity contribution in [3.05, 3.63) is 35.2 Å². The first-order chi connectivity index (χ1) is 11.2. The van der Waals surface area contributed by atoms with Crippen molar-refractivity contribution in [3.63, 3.8) is 0 Å². The summed E-state index contributed by atoms with van der Waals surface area (Å²) in [5.74, 6) is 1.07. The van der Waals surface area contributed by atoms with Gasteiger partial charge in [0.1, 0.15) is 22.9 Å². The average Bonchev–Trinajstić information content (AvgIpc) is 2.51. The van der Waals surface area contributed by atoms with Crippen molar-refractivity contribution in [2.45, 2.75) is 47.1 Å². The Balaban J connectivity index is 2.70. The molecule has 1 heterocycles. The Bertz CT molecular complexity index is 684. The SMILES string of the molecule is CCOc1cc2c(cc1/C(C)=C(/F)CO)C(C(C)C)=CC(C)(C)O2. The minimum absolute atomic E-state index is 0.310. The summed E-state index contributed by atoms with van der Waals surface area (Å²) < 4.78 is 25.8. The van der Waals surface area contributed by atoms with Gasteiger partial charge < -0.3 is 14.6 Å². The first-order valence-electron chi connectivity index (χ1n) is 8.39. The van der Waals surface area contributed by atoms with Crippen LogP contribution in [0.25, 0.3) is 11.1 Å². The van der Waals surface area contributed by atoms with Gasteiger partial charge in [0.2, 0.25) is 0 Å². The van der Waals surface area contributed by atoms with E-state index in [9.17, 15) is 4.39 Å². The molecular formula is C20H27FO3. The van der Waals surface area contributed by atoms with Crippen LogP contribution in [0.4, 0.5) is 4.39 Å². The van der Waals surface area contributed by atoms with Crippen molar-refractivity contribution >= 4 is 11.1 Å². The third kappa shape index (κ3) is 3.64. The van der Waals surface area contributed by atoms with E-state index in [0.29, 0.717) is 29.4 Å². The van der Waals surface area contributed by atoms with Crippen LogP contribution in [-0.2, 0) is 0 Å². The molecule has 0 aromatic heterocycles. The second kappa shape index (κ2) is 6.98. The number of aliphatic hydroxyl groups is 1. The summed E-state index contributed by atoms with van der Waals surface area (Å²) in [5, 5.41) is 9.12. The van der Waals surface area contributed by atoms with Crippen molar-refractivity contribution in [1.29, 1.82) is 0 Å². The Labute approximate surface area is 143 Å². The lowest BCUT2D eigenvalue weighted by molar-refractivity contribution is 0.156. The highest BCUT2D eigenvalue weighted by molar-refractivity contribution is 5.81. The van der Waals surface area contributed by atoms with Crippen molar-refractivity contribution in [3.8, 4) is 11.5 Å². The predicted molar refractivity (Wildman–Crippen MR) is 95.9 cm³/mol. The van der Waals surface area contributed by atoms with E-state index in [1.807, 2.05) is 32.9 Å². The number of allylic oxidation sites excluding steroid dienone is 2. The third-order valence-electron chi connectivity index (χ3n) is 4.14. The maximum Gasteiger partial charge on any atom is 0.131 e. The Morgan fingerprint density at radius 2 is 2.00 bits per heavy atom. The number of hydrogen-bond acceptors (Lipinski definition) is 3. The van der Waals surface area contributed by atoms with Gasteiger partial charge in [0.25, 0.3) is 0 Å². The summed E-state index contributed by atoms with van der Waals surface area (Å²) in [4.78, 5) is 0. The number of hydrogen-bond donors (Lipinski definition) is 1. The van der Waals surface area contributed by atoms with Crippen LogP contribution in [0.2, 0.25) is 0 Å². The first kappa shape index (κ1) is 18.5. The van der Waals surface area contributed by atoms with Crippen LogP contribution in [0.3, 0.4) is 0 Å². The lowest BCUT2D eigenvalue weighted by Crippen LogP contribution is -2.29. The van der Waals surface area contributed by atoms with Gasteiger partial charge in [0.05, 0.1) is 13.2 Å². The van der Waals surface area contributed by atoms with E-state index >= 15 is 0 Å². The zero-order chi connectivity index (χ0) is 18.1. The zero-order valence-electron chi connectivity index (χ0n) is 15.4. The molecule has 0 radical (unpaired) electrons. The van der Waals surface area contributed by atoms with Crippen LogP contribution in [-0.4, -0.2) is 23.9 Å². The van der Waals surface area contributed by atoms with Gasteiger partial charge in [0, 0.05) is 17.2 Å². The minimum atomic E-state index is -0.620. The molecule has 0 bridgehead atoms. The highest BCUT2D eigenvalue weighted by Gasteiger charge is 2.29. The summed E-state index contributed by atoms with van der Waals surface area (Å²) in [6.45, 7) is 11.7. The molecule has 1 aromatic rings. The Morgan fingerprint density at radius 3 is 2.54 bits per heavy atom. The molecule has 0 unspecified atom stereocenters. The van der Waals surface area contributed by atoms with Crippen molar-refractivity contribution in [2.24, 2.45) is 5.92 Å². The van der Waals surface area contributed by atoms with E-state index in [1.165, 1.54) is 5.57 Å². The van der Waals surface area contributed by atoms with Crippen molar-refractivity contribution in [1.82, 2.24) is 0 Å². The molecule has 2 rings (SSSR count). The number of ether oxygens (including phenoxy) is 2. The molecule has 0 atom stereocenters. The fourth-order valence-electron chi connectivity index (χ4n) is 2.95. The molecule has 0 saturated carbocycles. The van der Waals surface area contributed by atoms with Crippen LogP contribution >= 0.6 is 0 Å². The minimum Gasteiger partial charge on any atom is -0.493 e. The van der Waals surface area contributed by atoms with Crippen molar-refractivity contribution < 1.29 is 19.0 Å². The Kier molecular flexibility index (Phi) is 5.38. The molecule has 0 fully saturated rings. The molecule has 1 aromatic carbocycles. The van der Waals surface area contributed by atoms with E-state index in [4.69, 9.17) is 14.6 Å². The van der Waals surface area contributed by atoms with Gasteiger partial charge in [-0.05, 0) is 56.9 Å². The smallest absolute Gasteiger partial charge is 0.131 e. The maximum absolute atomic E-state index is 14.0. The Morgan fingerprint density at radius 1 is 1.33 bits per heavy atom. The van der Waals surface area contributed by atoms with Gasteiger partial charge in [0.15, 0.2) is 0 Å². The topological polar surface area (TPSA) is 38.7 Å². The molecular weight excluding hydrogens is 307 g/mol. The number of halogens is 1. The summed E-state index contributed by atoms with van der Waals surface area (Å²) in [6.07, 6.45) is 2.12. The van der Waals surface area contributed by atoms with E-state index in [0.717, 1.165) is 11.3 Å². The highest BCUT2D eigenvalue weighted by atomic mass is 19.1. The predicted octanol–water partition coefficient (Wildman–Crippen LogP) is 4.99. The lowest BCUT2D eigenvalue weighted by atomic mass is 9.86. The molecule has 0 spiro atoms. The van der Waals surface area contributed by atoms with Gasteiger partial charge in [-0.1, -0.05) is 13.8 Å². The monoisotopic (exact) mass is 334 g/mol. The van der Waals surface area contributed by atoms with Gasteiger partial charge in [-0.2, -0.15) is 0 Å². The van der Waals surface area contributed by atoms with Gasteiger partial charge >= 0.3 is 0 Å². The second-order valence-corrected chi connectivity index (χ2v) is 6.93. The fourth-order valence-corrected chi connectivity index (χ4v) is 2.95. The first-order valence-corrected chi connectivity index (χ1v) is 8.39. The number of fused-ring (bicyclic) bond motifs is 1. The molecule has 3 nitrogen and oxygen atoms in total. The molecule has 0 aliphatic carbocycles. The van der Waals surface area contributed by atoms with Crippen molar-refractivity contribution in [2.75, 3.05) is 13.2 Å². The molecule has 4 heteroatoms. The number of benzene rings is 1. The normalized spacial score (nSPS) is 17.0. The molecule has 1 aliphatic rings. The Hall–Kier alpha value is -1.81. The molecule has 0 saturated heterocycles. The molecule has 132 valence electrons. The number of rotatable bonds is 5. The highest BCUT2D eigenvalue weighted by Crippen LogP contribution is 2.44. The van der Waals surface area contributed by atoms with Gasteiger partial charge in [-0.25, -0.2) is 4.39 Å². The van der Waals surface area contributed by atoms with E-state index in [2.05, 4.69) is 19.9 Å².